The maximum absolute atomic E-state index is 12.2. The van der Waals surface area contributed by atoms with E-state index in [4.69, 9.17) is 20.9 Å². The van der Waals surface area contributed by atoms with Crippen LogP contribution in [0.5, 0.6) is 5.75 Å². The maximum atomic E-state index is 12.2. The molecule has 0 unspecified atom stereocenters. The number of hydrogen-bond acceptors (Lipinski definition) is 6. The highest BCUT2D eigenvalue weighted by Gasteiger charge is 2.16. The van der Waals surface area contributed by atoms with E-state index in [1.807, 2.05) is 17.5 Å². The Morgan fingerprint density at radius 2 is 2.28 bits per heavy atom. The van der Waals surface area contributed by atoms with Crippen molar-refractivity contribution in [3.8, 4) is 16.5 Å². The summed E-state index contributed by atoms with van der Waals surface area (Å²) in [4.78, 5) is 18.9. The zero-order valence-corrected chi connectivity index (χ0v) is 16.3. The van der Waals surface area contributed by atoms with Gasteiger partial charge >= 0.3 is 0 Å². The first-order valence-electron chi connectivity index (χ1n) is 7.21. The zero-order valence-electron chi connectivity index (χ0n) is 13.1. The lowest BCUT2D eigenvalue weighted by molar-refractivity contribution is -0.132. The minimum atomic E-state index is -0.227. The molecule has 0 aliphatic heterocycles. The molecule has 6 nitrogen and oxygen atoms in total. The summed E-state index contributed by atoms with van der Waals surface area (Å²) in [7, 11) is 1.64. The molecule has 25 heavy (non-hydrogen) atoms. The van der Waals surface area contributed by atoms with Gasteiger partial charge in [0.15, 0.2) is 6.61 Å². The minimum Gasteiger partial charge on any atom is -0.482 e. The molecule has 130 valence electrons. The summed E-state index contributed by atoms with van der Waals surface area (Å²) in [5.41, 5.74) is 0. The topological polar surface area (TPSA) is 68.5 Å². The second-order valence-corrected chi connectivity index (χ2v) is 7.37. The van der Waals surface area contributed by atoms with Crippen molar-refractivity contribution < 1.29 is 14.1 Å². The number of benzene rings is 1. The van der Waals surface area contributed by atoms with Crippen molar-refractivity contribution in [2.45, 2.75) is 6.54 Å². The van der Waals surface area contributed by atoms with Crippen LogP contribution in [-0.4, -0.2) is 34.6 Å². The highest BCUT2D eigenvalue weighted by atomic mass is 79.9. The summed E-state index contributed by atoms with van der Waals surface area (Å²) in [6, 6.07) is 9.01. The van der Waals surface area contributed by atoms with Crippen LogP contribution < -0.4 is 4.74 Å². The fraction of sp³-hybridized carbons (Fsp3) is 0.188. The fourth-order valence-corrected chi connectivity index (χ4v) is 3.34. The van der Waals surface area contributed by atoms with Gasteiger partial charge < -0.3 is 14.2 Å². The van der Waals surface area contributed by atoms with Crippen LogP contribution in [0.4, 0.5) is 0 Å². The molecule has 0 N–H and O–H groups in total. The van der Waals surface area contributed by atoms with Gasteiger partial charge in [-0.2, -0.15) is 4.98 Å². The van der Waals surface area contributed by atoms with Gasteiger partial charge in [0.05, 0.1) is 16.4 Å². The number of thiophene rings is 1. The second kappa shape index (κ2) is 7.99. The van der Waals surface area contributed by atoms with Crippen LogP contribution in [0.15, 0.2) is 44.7 Å². The maximum Gasteiger partial charge on any atom is 0.260 e. The molecule has 0 aliphatic rings. The number of aromatic nitrogens is 2. The molecule has 0 bridgehead atoms. The second-order valence-electron chi connectivity index (χ2n) is 5.10. The number of likely N-dealkylation sites (N-methyl/N-ethyl adjacent to an activating group) is 1. The molecule has 0 aliphatic carbocycles. The third kappa shape index (κ3) is 4.59. The van der Waals surface area contributed by atoms with Crippen LogP contribution in [0.25, 0.3) is 10.7 Å². The number of amides is 1. The summed E-state index contributed by atoms with van der Waals surface area (Å²) < 4.78 is 11.5. The minimum absolute atomic E-state index is 0.135. The van der Waals surface area contributed by atoms with E-state index < -0.39 is 0 Å². The monoisotopic (exact) mass is 441 g/mol. The number of halogens is 2. The molecule has 0 fully saturated rings. The van der Waals surface area contributed by atoms with Crippen molar-refractivity contribution in [2.75, 3.05) is 13.7 Å². The zero-order chi connectivity index (χ0) is 17.8. The Balaban J connectivity index is 1.56. The molecule has 0 radical (unpaired) electrons. The SMILES string of the molecule is CN(Cc1nc(-c2cccs2)no1)C(=O)COc1ccc(Br)cc1Cl. The van der Waals surface area contributed by atoms with Crippen molar-refractivity contribution in [2.24, 2.45) is 0 Å². The smallest absolute Gasteiger partial charge is 0.260 e. The summed E-state index contributed by atoms with van der Waals surface area (Å²) in [5.74, 6) is 1.10. The van der Waals surface area contributed by atoms with E-state index in [0.717, 1.165) is 9.35 Å². The van der Waals surface area contributed by atoms with Gasteiger partial charge in [-0.15, -0.1) is 11.3 Å². The lowest BCUT2D eigenvalue weighted by atomic mass is 10.3. The summed E-state index contributed by atoms with van der Waals surface area (Å²) >= 11 is 10.9. The first-order valence-corrected chi connectivity index (χ1v) is 9.26. The van der Waals surface area contributed by atoms with Crippen molar-refractivity contribution in [3.05, 3.63) is 51.1 Å². The Labute approximate surface area is 161 Å². The van der Waals surface area contributed by atoms with Crippen molar-refractivity contribution in [3.63, 3.8) is 0 Å². The molecule has 1 amide bonds. The van der Waals surface area contributed by atoms with Crippen LogP contribution in [0, 0.1) is 0 Å². The number of nitrogens with zero attached hydrogens (tertiary/aromatic N) is 3. The molecule has 1 aromatic carbocycles. The predicted octanol–water partition coefficient (Wildman–Crippen LogP) is 4.25. The highest BCUT2D eigenvalue weighted by Crippen LogP contribution is 2.27. The van der Waals surface area contributed by atoms with Crippen LogP contribution in [0.1, 0.15) is 5.89 Å². The summed E-state index contributed by atoms with van der Waals surface area (Å²) in [6.07, 6.45) is 0. The normalized spacial score (nSPS) is 10.7. The molecule has 0 spiro atoms. The molecule has 2 heterocycles. The van der Waals surface area contributed by atoms with Gasteiger partial charge in [-0.1, -0.05) is 38.8 Å². The van der Waals surface area contributed by atoms with E-state index >= 15 is 0 Å². The standard InChI is InChI=1S/C16H13BrClN3O3S/c1-21(8-14-19-16(20-24-14)13-3-2-6-25-13)15(22)9-23-12-5-4-10(17)7-11(12)18/h2-7H,8-9H2,1H3. The summed E-state index contributed by atoms with van der Waals surface area (Å²) in [6.45, 7) is 0.0679. The van der Waals surface area contributed by atoms with Gasteiger partial charge in [0.2, 0.25) is 11.7 Å². The Bertz CT molecular complexity index is 869. The molecule has 0 saturated carbocycles. The fourth-order valence-electron chi connectivity index (χ4n) is 1.96. The van der Waals surface area contributed by atoms with Crippen LogP contribution >= 0.6 is 38.9 Å². The third-order valence-electron chi connectivity index (χ3n) is 3.25. The van der Waals surface area contributed by atoms with E-state index in [-0.39, 0.29) is 19.1 Å². The Kier molecular flexibility index (Phi) is 5.72. The van der Waals surface area contributed by atoms with Crippen LogP contribution in [0.2, 0.25) is 5.02 Å². The largest absolute Gasteiger partial charge is 0.482 e. The number of carbonyl (C=O) groups excluding carboxylic acids is 1. The Morgan fingerprint density at radius 1 is 1.44 bits per heavy atom. The molecule has 9 heteroatoms. The molecule has 0 atom stereocenters. The van der Waals surface area contributed by atoms with Gasteiger partial charge in [0.25, 0.3) is 5.91 Å². The quantitative estimate of drug-likeness (QED) is 0.571. The molecular weight excluding hydrogens is 430 g/mol. The number of rotatable bonds is 6. The van der Waals surface area contributed by atoms with Gasteiger partial charge in [-0.3, -0.25) is 4.79 Å². The Morgan fingerprint density at radius 3 is 3.00 bits per heavy atom. The van der Waals surface area contributed by atoms with E-state index in [2.05, 4.69) is 26.1 Å². The number of ether oxygens (including phenoxy) is 1. The van der Waals surface area contributed by atoms with E-state index in [1.54, 1.807) is 25.2 Å². The predicted molar refractivity (Wildman–Crippen MR) is 98.7 cm³/mol. The van der Waals surface area contributed by atoms with Gasteiger partial charge in [-0.05, 0) is 29.6 Å². The molecule has 2 aromatic heterocycles. The molecular formula is C16H13BrClN3O3S. The van der Waals surface area contributed by atoms with E-state index in [0.29, 0.717) is 22.5 Å². The first-order chi connectivity index (χ1) is 12.0. The highest BCUT2D eigenvalue weighted by molar-refractivity contribution is 9.10. The molecule has 3 aromatic rings. The number of carbonyl (C=O) groups is 1. The van der Waals surface area contributed by atoms with Crippen molar-refractivity contribution in [1.29, 1.82) is 0 Å². The van der Waals surface area contributed by atoms with E-state index in [1.165, 1.54) is 16.2 Å². The third-order valence-corrected chi connectivity index (χ3v) is 4.91. The van der Waals surface area contributed by atoms with Gasteiger partial charge in [0, 0.05) is 11.5 Å². The van der Waals surface area contributed by atoms with Crippen LogP contribution in [-0.2, 0) is 11.3 Å². The van der Waals surface area contributed by atoms with Gasteiger partial charge in [0.1, 0.15) is 5.75 Å². The first kappa shape index (κ1) is 17.9. The summed E-state index contributed by atoms with van der Waals surface area (Å²) in [5, 5.41) is 6.29. The average molecular weight is 443 g/mol. The lowest BCUT2D eigenvalue weighted by Gasteiger charge is -2.15. The molecule has 3 rings (SSSR count). The lowest BCUT2D eigenvalue weighted by Crippen LogP contribution is -2.31. The van der Waals surface area contributed by atoms with Crippen molar-refractivity contribution in [1.82, 2.24) is 15.0 Å². The van der Waals surface area contributed by atoms with Crippen LogP contribution in [0.3, 0.4) is 0 Å². The van der Waals surface area contributed by atoms with Crippen molar-refractivity contribution >= 4 is 44.8 Å². The van der Waals surface area contributed by atoms with E-state index in [9.17, 15) is 4.79 Å². The average Bonchev–Trinajstić information content (AvgIpc) is 3.24. The molecule has 0 saturated heterocycles. The number of hydrogen-bond donors (Lipinski definition) is 0. The van der Waals surface area contributed by atoms with Gasteiger partial charge in [-0.25, -0.2) is 0 Å². The Hall–Kier alpha value is -1.90.